The highest BCUT2D eigenvalue weighted by molar-refractivity contribution is 5.92. The van der Waals surface area contributed by atoms with E-state index in [1.165, 1.54) is 0 Å². The summed E-state index contributed by atoms with van der Waals surface area (Å²) in [5.74, 6) is 1.74. The number of ether oxygens (including phenoxy) is 2. The third-order valence-electron chi connectivity index (χ3n) is 6.33. The molecule has 0 saturated carbocycles. The third-order valence-corrected chi connectivity index (χ3v) is 6.33. The van der Waals surface area contributed by atoms with Crippen molar-refractivity contribution in [2.45, 2.75) is 25.3 Å². The number of benzene rings is 1. The van der Waals surface area contributed by atoms with Gasteiger partial charge >= 0.3 is 0 Å². The molecule has 2 fully saturated rings. The van der Waals surface area contributed by atoms with Crippen LogP contribution >= 0.6 is 0 Å². The second-order valence-electron chi connectivity index (χ2n) is 8.34. The SMILES string of the molecule is COc1ccc(-c2ccc3ncnc(N[C@@H]4CCN(C(=O)C5CCOCC5)C4)c3c2)cn1. The van der Waals surface area contributed by atoms with Gasteiger partial charge in [0.1, 0.15) is 12.1 Å². The standard InChI is InChI=1S/C24H27N5O3/c1-31-22-5-3-18(13-25-22)17-2-4-21-20(12-17)23(27-15-26-21)28-19-6-9-29(14-19)24(30)16-7-10-32-11-8-16/h2-5,12-13,15-16,19H,6-11,14H2,1H3,(H,26,27,28)/t19-/m1/s1. The lowest BCUT2D eigenvalue weighted by atomic mass is 9.99. The number of nitrogens with zero attached hydrogens (tertiary/aromatic N) is 4. The van der Waals surface area contributed by atoms with Gasteiger partial charge in [-0.2, -0.15) is 0 Å². The third kappa shape index (κ3) is 4.23. The van der Waals surface area contributed by atoms with Crippen LogP contribution in [0.5, 0.6) is 5.88 Å². The fraction of sp³-hybridized carbons (Fsp3) is 0.417. The van der Waals surface area contributed by atoms with E-state index >= 15 is 0 Å². The molecule has 0 aliphatic carbocycles. The van der Waals surface area contributed by atoms with Crippen molar-refractivity contribution in [3.8, 4) is 17.0 Å². The van der Waals surface area contributed by atoms with Crippen LogP contribution in [0, 0.1) is 5.92 Å². The molecule has 2 saturated heterocycles. The number of nitrogens with one attached hydrogen (secondary N) is 1. The molecule has 1 amide bonds. The largest absolute Gasteiger partial charge is 0.481 e. The maximum Gasteiger partial charge on any atom is 0.225 e. The van der Waals surface area contributed by atoms with Crippen LogP contribution in [-0.2, 0) is 9.53 Å². The van der Waals surface area contributed by atoms with Crippen LogP contribution in [-0.4, -0.2) is 65.2 Å². The van der Waals surface area contributed by atoms with Crippen molar-refractivity contribution in [1.82, 2.24) is 19.9 Å². The summed E-state index contributed by atoms with van der Waals surface area (Å²) in [6, 6.07) is 10.1. The number of fused-ring (bicyclic) bond motifs is 1. The predicted octanol–water partition coefficient (Wildman–Crippen LogP) is 3.14. The second kappa shape index (κ2) is 9.08. The van der Waals surface area contributed by atoms with Crippen molar-refractivity contribution in [2.24, 2.45) is 5.92 Å². The number of anilines is 1. The first kappa shape index (κ1) is 20.6. The molecular weight excluding hydrogens is 406 g/mol. The molecule has 0 unspecified atom stereocenters. The van der Waals surface area contributed by atoms with Gasteiger partial charge in [0.2, 0.25) is 11.8 Å². The number of hydrogen-bond acceptors (Lipinski definition) is 7. The van der Waals surface area contributed by atoms with Crippen molar-refractivity contribution in [2.75, 3.05) is 38.7 Å². The Kier molecular flexibility index (Phi) is 5.85. The zero-order valence-corrected chi connectivity index (χ0v) is 18.2. The van der Waals surface area contributed by atoms with E-state index in [1.54, 1.807) is 19.6 Å². The predicted molar refractivity (Wildman–Crippen MR) is 121 cm³/mol. The maximum absolute atomic E-state index is 12.9. The molecule has 8 nitrogen and oxygen atoms in total. The Morgan fingerprint density at radius 3 is 2.72 bits per heavy atom. The van der Waals surface area contributed by atoms with Crippen LogP contribution in [0.4, 0.5) is 5.82 Å². The van der Waals surface area contributed by atoms with Gasteiger partial charge in [0.15, 0.2) is 0 Å². The lowest BCUT2D eigenvalue weighted by Crippen LogP contribution is -2.38. The van der Waals surface area contributed by atoms with E-state index in [0.717, 1.165) is 53.7 Å². The molecule has 0 bridgehead atoms. The van der Waals surface area contributed by atoms with Crippen LogP contribution in [0.2, 0.25) is 0 Å². The summed E-state index contributed by atoms with van der Waals surface area (Å²) in [4.78, 5) is 28.1. The molecule has 0 radical (unpaired) electrons. The van der Waals surface area contributed by atoms with Crippen molar-refractivity contribution < 1.29 is 14.3 Å². The Hall–Kier alpha value is -3.26. The minimum atomic E-state index is 0.100. The van der Waals surface area contributed by atoms with Gasteiger partial charge in [-0.05, 0) is 43.0 Å². The van der Waals surface area contributed by atoms with Crippen molar-refractivity contribution in [3.05, 3.63) is 42.9 Å². The highest BCUT2D eigenvalue weighted by Gasteiger charge is 2.32. The van der Waals surface area contributed by atoms with Crippen LogP contribution in [0.15, 0.2) is 42.9 Å². The summed E-state index contributed by atoms with van der Waals surface area (Å²) in [5, 5.41) is 4.52. The number of methoxy groups -OCH3 is 1. The first-order chi connectivity index (χ1) is 15.7. The van der Waals surface area contributed by atoms with E-state index in [0.29, 0.717) is 25.6 Å². The monoisotopic (exact) mass is 433 g/mol. The molecule has 32 heavy (non-hydrogen) atoms. The molecule has 4 heterocycles. The van der Waals surface area contributed by atoms with Crippen molar-refractivity contribution in [1.29, 1.82) is 0 Å². The smallest absolute Gasteiger partial charge is 0.225 e. The number of carbonyl (C=O) groups excluding carboxylic acids is 1. The van der Waals surface area contributed by atoms with Gasteiger partial charge in [-0.3, -0.25) is 4.79 Å². The van der Waals surface area contributed by atoms with E-state index in [2.05, 4.69) is 26.3 Å². The van der Waals surface area contributed by atoms with Gasteiger partial charge in [0.05, 0.1) is 12.6 Å². The topological polar surface area (TPSA) is 89.5 Å². The molecule has 8 heteroatoms. The van der Waals surface area contributed by atoms with E-state index < -0.39 is 0 Å². The number of amides is 1. The molecule has 166 valence electrons. The van der Waals surface area contributed by atoms with Crippen LogP contribution < -0.4 is 10.1 Å². The first-order valence-electron chi connectivity index (χ1n) is 11.1. The fourth-order valence-corrected chi connectivity index (χ4v) is 4.50. The number of carbonyl (C=O) groups is 1. The summed E-state index contributed by atoms with van der Waals surface area (Å²) in [7, 11) is 1.61. The van der Waals surface area contributed by atoms with E-state index in [1.807, 2.05) is 29.2 Å². The van der Waals surface area contributed by atoms with Gasteiger partial charge in [-0.15, -0.1) is 0 Å². The zero-order chi connectivity index (χ0) is 21.9. The van der Waals surface area contributed by atoms with Gasteiger partial charge in [0, 0.05) is 61.5 Å². The Morgan fingerprint density at radius 2 is 1.94 bits per heavy atom. The molecule has 1 aromatic carbocycles. The molecule has 1 atom stereocenters. The lowest BCUT2D eigenvalue weighted by molar-refractivity contribution is -0.137. The lowest BCUT2D eigenvalue weighted by Gasteiger charge is -2.26. The second-order valence-corrected chi connectivity index (χ2v) is 8.34. The average Bonchev–Trinajstić information content (AvgIpc) is 3.32. The number of rotatable bonds is 5. The van der Waals surface area contributed by atoms with E-state index in [4.69, 9.17) is 9.47 Å². The first-order valence-corrected chi connectivity index (χ1v) is 11.1. The van der Waals surface area contributed by atoms with Gasteiger partial charge in [-0.25, -0.2) is 15.0 Å². The summed E-state index contributed by atoms with van der Waals surface area (Å²) in [6.45, 7) is 2.85. The van der Waals surface area contributed by atoms with Crippen LogP contribution in [0.25, 0.3) is 22.0 Å². The van der Waals surface area contributed by atoms with Crippen LogP contribution in [0.3, 0.4) is 0 Å². The Balaban J connectivity index is 1.33. The van der Waals surface area contributed by atoms with E-state index in [-0.39, 0.29) is 17.9 Å². The quantitative estimate of drug-likeness (QED) is 0.661. The molecular formula is C24H27N5O3. The van der Waals surface area contributed by atoms with E-state index in [9.17, 15) is 4.79 Å². The molecule has 2 aliphatic rings. The zero-order valence-electron chi connectivity index (χ0n) is 18.2. The molecule has 5 rings (SSSR count). The molecule has 2 aliphatic heterocycles. The minimum absolute atomic E-state index is 0.100. The Labute approximate surface area is 187 Å². The summed E-state index contributed by atoms with van der Waals surface area (Å²) in [5.41, 5.74) is 2.91. The summed E-state index contributed by atoms with van der Waals surface area (Å²) >= 11 is 0. The maximum atomic E-state index is 12.9. The molecule has 0 spiro atoms. The normalized spacial score (nSPS) is 19.3. The van der Waals surface area contributed by atoms with Gasteiger partial charge < -0.3 is 19.7 Å². The number of aromatic nitrogens is 3. The van der Waals surface area contributed by atoms with Crippen molar-refractivity contribution >= 4 is 22.6 Å². The highest BCUT2D eigenvalue weighted by atomic mass is 16.5. The van der Waals surface area contributed by atoms with Gasteiger partial charge in [-0.1, -0.05) is 6.07 Å². The number of likely N-dealkylation sites (tertiary alicyclic amines) is 1. The fourth-order valence-electron chi connectivity index (χ4n) is 4.50. The summed E-state index contributed by atoms with van der Waals surface area (Å²) < 4.78 is 10.6. The molecule has 1 N–H and O–H groups in total. The van der Waals surface area contributed by atoms with Crippen molar-refractivity contribution in [3.63, 3.8) is 0 Å². The minimum Gasteiger partial charge on any atom is -0.481 e. The number of hydrogen-bond donors (Lipinski definition) is 1. The Bertz CT molecular complexity index is 1100. The Morgan fingerprint density at radius 1 is 1.09 bits per heavy atom. The van der Waals surface area contributed by atoms with Gasteiger partial charge in [0.25, 0.3) is 0 Å². The highest BCUT2D eigenvalue weighted by Crippen LogP contribution is 2.29. The number of pyridine rings is 1. The van der Waals surface area contributed by atoms with Crippen LogP contribution in [0.1, 0.15) is 19.3 Å². The average molecular weight is 434 g/mol. The molecule has 2 aromatic heterocycles. The summed E-state index contributed by atoms with van der Waals surface area (Å²) in [6.07, 6.45) is 5.94. The molecule has 3 aromatic rings.